The van der Waals surface area contributed by atoms with Crippen LogP contribution in [-0.2, 0) is 5.54 Å². The van der Waals surface area contributed by atoms with Crippen LogP contribution in [0.1, 0.15) is 28.8 Å². The van der Waals surface area contributed by atoms with Gasteiger partial charge in [-0.3, -0.25) is 4.79 Å². The van der Waals surface area contributed by atoms with Crippen LogP contribution in [0.4, 0.5) is 4.39 Å². The molecule has 2 aromatic rings. The third-order valence-electron chi connectivity index (χ3n) is 3.92. The molecule has 114 valence electrons. The van der Waals surface area contributed by atoms with Crippen LogP contribution in [0.15, 0.2) is 42.5 Å². The first-order valence-electron chi connectivity index (χ1n) is 6.97. The highest BCUT2D eigenvalue weighted by atomic mass is 35.5. The number of halogens is 2. The Morgan fingerprint density at radius 2 is 1.95 bits per heavy atom. The fourth-order valence-electron chi connectivity index (χ4n) is 2.62. The summed E-state index contributed by atoms with van der Waals surface area (Å²) >= 11 is 5.95. The van der Waals surface area contributed by atoms with Crippen LogP contribution in [0.3, 0.4) is 0 Å². The third-order valence-corrected chi connectivity index (χ3v) is 4.23. The van der Waals surface area contributed by atoms with Crippen LogP contribution in [0.5, 0.6) is 5.75 Å². The Morgan fingerprint density at radius 3 is 2.59 bits per heavy atom. The molecular weight excluding hydrogens is 305 g/mol. The molecule has 0 radical (unpaired) electrons. The number of carbonyl (C=O) groups excluding carboxylic acids is 1. The first kappa shape index (κ1) is 14.9. The largest absolute Gasteiger partial charge is 0.496 e. The van der Waals surface area contributed by atoms with Gasteiger partial charge in [-0.1, -0.05) is 35.9 Å². The minimum Gasteiger partial charge on any atom is -0.496 e. The number of hydrogen-bond acceptors (Lipinski definition) is 2. The Labute approximate surface area is 133 Å². The Kier molecular flexibility index (Phi) is 3.79. The molecule has 0 spiro atoms. The van der Waals surface area contributed by atoms with E-state index in [0.717, 1.165) is 18.4 Å². The third kappa shape index (κ3) is 2.55. The van der Waals surface area contributed by atoms with E-state index in [1.54, 1.807) is 7.11 Å². The van der Waals surface area contributed by atoms with Gasteiger partial charge in [0.15, 0.2) is 0 Å². The molecule has 3 rings (SSSR count). The van der Waals surface area contributed by atoms with Gasteiger partial charge in [0.25, 0.3) is 5.91 Å². The average Bonchev–Trinajstić information content (AvgIpc) is 3.27. The molecule has 3 nitrogen and oxygen atoms in total. The first-order chi connectivity index (χ1) is 10.6. The van der Waals surface area contributed by atoms with Gasteiger partial charge in [-0.2, -0.15) is 0 Å². The molecular formula is C17H15ClFNO2. The quantitative estimate of drug-likeness (QED) is 0.928. The fourth-order valence-corrected chi connectivity index (χ4v) is 2.87. The molecule has 1 N–H and O–H groups in total. The van der Waals surface area contributed by atoms with Gasteiger partial charge in [-0.25, -0.2) is 4.39 Å². The summed E-state index contributed by atoms with van der Waals surface area (Å²) in [6.45, 7) is 0. The van der Waals surface area contributed by atoms with Crippen LogP contribution in [0.2, 0.25) is 5.02 Å². The molecule has 1 aliphatic rings. The van der Waals surface area contributed by atoms with Gasteiger partial charge < -0.3 is 10.1 Å². The molecule has 1 saturated carbocycles. The Bertz CT molecular complexity index is 708. The highest BCUT2D eigenvalue weighted by Crippen LogP contribution is 2.49. The lowest BCUT2D eigenvalue weighted by atomic mass is 10.0. The number of ether oxygens (including phenoxy) is 1. The molecule has 0 bridgehead atoms. The summed E-state index contributed by atoms with van der Waals surface area (Å²) in [7, 11) is 1.59. The average molecular weight is 320 g/mol. The van der Waals surface area contributed by atoms with E-state index in [9.17, 15) is 9.18 Å². The van der Waals surface area contributed by atoms with Crippen LogP contribution in [0.25, 0.3) is 0 Å². The number of rotatable bonds is 4. The zero-order valence-electron chi connectivity index (χ0n) is 12.0. The van der Waals surface area contributed by atoms with Gasteiger partial charge in [0.05, 0.1) is 23.2 Å². The molecule has 1 amide bonds. The summed E-state index contributed by atoms with van der Waals surface area (Å²) in [6.07, 6.45) is 1.57. The number of nitrogens with one attached hydrogen (secondary N) is 1. The van der Waals surface area contributed by atoms with Crippen LogP contribution < -0.4 is 10.1 Å². The van der Waals surface area contributed by atoms with Crippen LogP contribution in [0, 0.1) is 5.82 Å². The van der Waals surface area contributed by atoms with Crippen molar-refractivity contribution in [3.8, 4) is 5.75 Å². The van der Waals surface area contributed by atoms with Crippen LogP contribution in [-0.4, -0.2) is 13.0 Å². The lowest BCUT2D eigenvalue weighted by Gasteiger charge is -2.21. The Morgan fingerprint density at radius 1 is 1.23 bits per heavy atom. The van der Waals surface area contributed by atoms with Crippen molar-refractivity contribution in [1.29, 1.82) is 0 Å². The van der Waals surface area contributed by atoms with Crippen LogP contribution >= 0.6 is 11.6 Å². The highest BCUT2D eigenvalue weighted by molar-refractivity contribution is 6.33. The Balaban J connectivity index is 1.91. The summed E-state index contributed by atoms with van der Waals surface area (Å²) in [4.78, 5) is 12.4. The monoisotopic (exact) mass is 319 g/mol. The molecule has 1 aliphatic carbocycles. The van der Waals surface area contributed by atoms with Crippen molar-refractivity contribution in [3.63, 3.8) is 0 Å². The number of benzene rings is 2. The summed E-state index contributed by atoms with van der Waals surface area (Å²) in [5.74, 6) is -0.424. The second-order valence-corrected chi connectivity index (χ2v) is 5.74. The molecule has 0 saturated heterocycles. The van der Waals surface area contributed by atoms with Gasteiger partial charge in [0.1, 0.15) is 11.6 Å². The van der Waals surface area contributed by atoms with Gasteiger partial charge in [-0.15, -0.1) is 0 Å². The van der Waals surface area contributed by atoms with Gasteiger partial charge in [-0.05, 0) is 31.0 Å². The number of hydrogen-bond donors (Lipinski definition) is 1. The van der Waals surface area contributed by atoms with Crippen molar-refractivity contribution in [3.05, 3.63) is 64.4 Å². The van der Waals surface area contributed by atoms with Crippen molar-refractivity contribution < 1.29 is 13.9 Å². The molecule has 1 fully saturated rings. The Hall–Kier alpha value is -2.07. The zero-order chi connectivity index (χ0) is 15.7. The van der Waals surface area contributed by atoms with Gasteiger partial charge >= 0.3 is 0 Å². The maximum atomic E-state index is 13.9. The van der Waals surface area contributed by atoms with E-state index in [4.69, 9.17) is 16.3 Å². The van der Waals surface area contributed by atoms with E-state index >= 15 is 0 Å². The molecule has 0 heterocycles. The lowest BCUT2D eigenvalue weighted by Crippen LogP contribution is -2.35. The summed E-state index contributed by atoms with van der Waals surface area (Å²) in [5, 5.41) is 3.02. The van der Waals surface area contributed by atoms with E-state index in [2.05, 4.69) is 5.32 Å². The minimum atomic E-state index is -0.624. The summed E-state index contributed by atoms with van der Waals surface area (Å²) in [6, 6.07) is 11.7. The van der Waals surface area contributed by atoms with E-state index in [1.165, 1.54) is 18.2 Å². The number of amides is 1. The highest BCUT2D eigenvalue weighted by Gasteiger charge is 2.47. The van der Waals surface area contributed by atoms with E-state index in [0.29, 0.717) is 5.75 Å². The maximum absolute atomic E-state index is 13.9. The maximum Gasteiger partial charge on any atom is 0.256 e. The molecule has 5 heteroatoms. The predicted molar refractivity (Wildman–Crippen MR) is 82.8 cm³/mol. The second-order valence-electron chi connectivity index (χ2n) is 5.33. The minimum absolute atomic E-state index is 0.105. The summed E-state index contributed by atoms with van der Waals surface area (Å²) in [5.41, 5.74) is 0.276. The van der Waals surface area contributed by atoms with Crippen molar-refractivity contribution in [2.75, 3.05) is 7.11 Å². The normalized spacial score (nSPS) is 15.2. The molecule has 22 heavy (non-hydrogen) atoms. The second kappa shape index (κ2) is 5.61. The summed E-state index contributed by atoms with van der Waals surface area (Å²) < 4.78 is 19.2. The smallest absolute Gasteiger partial charge is 0.256 e. The van der Waals surface area contributed by atoms with Gasteiger partial charge in [0.2, 0.25) is 0 Å². The molecule has 2 aromatic carbocycles. The van der Waals surface area contributed by atoms with E-state index < -0.39 is 17.3 Å². The van der Waals surface area contributed by atoms with Gasteiger partial charge in [0, 0.05) is 5.56 Å². The first-order valence-corrected chi connectivity index (χ1v) is 7.35. The lowest BCUT2D eigenvalue weighted by molar-refractivity contribution is 0.0926. The SMILES string of the molecule is COc1ccccc1C1(NC(=O)c2c(F)cccc2Cl)CC1. The molecule has 0 aromatic heterocycles. The standard InChI is InChI=1S/C17H15ClFNO2/c1-22-14-8-3-2-5-11(14)17(9-10-17)20-16(21)15-12(18)6-4-7-13(15)19/h2-8H,9-10H2,1H3,(H,20,21). The van der Waals surface area contributed by atoms with E-state index in [-0.39, 0.29) is 10.6 Å². The topological polar surface area (TPSA) is 38.3 Å². The molecule has 0 atom stereocenters. The van der Waals surface area contributed by atoms with Crippen molar-refractivity contribution in [1.82, 2.24) is 5.32 Å². The predicted octanol–water partition coefficient (Wildman–Crippen LogP) is 3.91. The van der Waals surface area contributed by atoms with E-state index in [1.807, 2.05) is 24.3 Å². The van der Waals surface area contributed by atoms with Crippen molar-refractivity contribution in [2.45, 2.75) is 18.4 Å². The number of para-hydroxylation sites is 1. The zero-order valence-corrected chi connectivity index (χ0v) is 12.8. The van der Waals surface area contributed by atoms with Crippen molar-refractivity contribution in [2.24, 2.45) is 0 Å². The molecule has 0 aliphatic heterocycles. The fraction of sp³-hybridized carbons (Fsp3) is 0.235. The molecule has 0 unspecified atom stereocenters. The number of methoxy groups -OCH3 is 1. The van der Waals surface area contributed by atoms with Crippen molar-refractivity contribution >= 4 is 17.5 Å². The number of carbonyl (C=O) groups is 1.